The first-order chi connectivity index (χ1) is 9.82. The molecule has 114 valence electrons. The van der Waals surface area contributed by atoms with E-state index >= 15 is 0 Å². The Morgan fingerprint density at radius 1 is 1.33 bits per heavy atom. The van der Waals surface area contributed by atoms with E-state index in [1.54, 1.807) is 14.1 Å². The van der Waals surface area contributed by atoms with E-state index in [-0.39, 0.29) is 23.0 Å². The van der Waals surface area contributed by atoms with Gasteiger partial charge in [0.2, 0.25) is 5.91 Å². The van der Waals surface area contributed by atoms with Crippen molar-refractivity contribution in [2.75, 3.05) is 32.5 Å². The van der Waals surface area contributed by atoms with Crippen LogP contribution in [0.2, 0.25) is 0 Å². The topological polar surface area (TPSA) is 131 Å². The summed E-state index contributed by atoms with van der Waals surface area (Å²) in [6.07, 6.45) is 0. The summed E-state index contributed by atoms with van der Waals surface area (Å²) in [7, 11) is 3.21. The molecule has 1 aromatic rings. The molecule has 0 aliphatic carbocycles. The number of nitro groups is 1. The SMILES string of the molecule is CN(C)C(=O)NCCNc1ccc(C(N)=O)cc1[N+](=O)[O-]. The van der Waals surface area contributed by atoms with Gasteiger partial charge in [0.05, 0.1) is 4.92 Å². The van der Waals surface area contributed by atoms with E-state index in [0.29, 0.717) is 13.1 Å². The van der Waals surface area contributed by atoms with Crippen LogP contribution >= 0.6 is 0 Å². The number of carbonyl (C=O) groups is 2. The number of hydrogen-bond donors (Lipinski definition) is 3. The zero-order chi connectivity index (χ0) is 16.0. The smallest absolute Gasteiger partial charge is 0.316 e. The van der Waals surface area contributed by atoms with Crippen molar-refractivity contribution in [3.8, 4) is 0 Å². The van der Waals surface area contributed by atoms with Gasteiger partial charge >= 0.3 is 6.03 Å². The second-order valence-electron chi connectivity index (χ2n) is 4.41. The fraction of sp³-hybridized carbons (Fsp3) is 0.333. The third-order valence-corrected chi connectivity index (χ3v) is 2.60. The Morgan fingerprint density at radius 2 is 2.00 bits per heavy atom. The van der Waals surface area contributed by atoms with Crippen LogP contribution in [0, 0.1) is 10.1 Å². The zero-order valence-corrected chi connectivity index (χ0v) is 11.8. The lowest BCUT2D eigenvalue weighted by molar-refractivity contribution is -0.384. The number of anilines is 1. The lowest BCUT2D eigenvalue weighted by Crippen LogP contribution is -2.37. The zero-order valence-electron chi connectivity index (χ0n) is 11.8. The largest absolute Gasteiger partial charge is 0.378 e. The predicted molar refractivity (Wildman–Crippen MR) is 77.2 cm³/mol. The molecule has 0 fully saturated rings. The van der Waals surface area contributed by atoms with Crippen LogP contribution in [0.4, 0.5) is 16.2 Å². The molecule has 0 aromatic heterocycles. The fourth-order valence-corrected chi connectivity index (χ4v) is 1.51. The van der Waals surface area contributed by atoms with E-state index in [2.05, 4.69) is 10.6 Å². The molecule has 1 rings (SSSR count). The molecule has 0 saturated heterocycles. The second kappa shape index (κ2) is 7.08. The molecule has 0 bridgehead atoms. The number of nitrogens with two attached hydrogens (primary N) is 1. The van der Waals surface area contributed by atoms with Crippen LogP contribution in [0.5, 0.6) is 0 Å². The summed E-state index contributed by atoms with van der Waals surface area (Å²) in [6, 6.07) is 3.67. The highest BCUT2D eigenvalue weighted by atomic mass is 16.6. The molecule has 9 heteroatoms. The highest BCUT2D eigenvalue weighted by Crippen LogP contribution is 2.25. The monoisotopic (exact) mass is 295 g/mol. The molecule has 9 nitrogen and oxygen atoms in total. The van der Waals surface area contributed by atoms with Crippen molar-refractivity contribution < 1.29 is 14.5 Å². The first-order valence-corrected chi connectivity index (χ1v) is 6.10. The van der Waals surface area contributed by atoms with Gasteiger partial charge in [-0.25, -0.2) is 4.79 Å². The number of hydrogen-bond acceptors (Lipinski definition) is 5. The maximum Gasteiger partial charge on any atom is 0.316 e. The standard InChI is InChI=1S/C12H17N5O4/c1-16(2)12(19)15-6-5-14-9-4-3-8(11(13)18)7-10(9)17(20)21/h3-4,7,14H,5-6H2,1-2H3,(H2,13,18)(H,15,19). The van der Waals surface area contributed by atoms with Gasteiger partial charge in [0, 0.05) is 38.8 Å². The van der Waals surface area contributed by atoms with Crippen LogP contribution in [-0.2, 0) is 0 Å². The molecule has 0 spiro atoms. The van der Waals surface area contributed by atoms with Crippen molar-refractivity contribution >= 4 is 23.3 Å². The summed E-state index contributed by atoms with van der Waals surface area (Å²) in [5.74, 6) is -0.733. The lowest BCUT2D eigenvalue weighted by atomic mass is 10.1. The molecule has 21 heavy (non-hydrogen) atoms. The van der Waals surface area contributed by atoms with E-state index in [1.807, 2.05) is 0 Å². The Balaban J connectivity index is 2.68. The van der Waals surface area contributed by atoms with Crippen LogP contribution in [-0.4, -0.2) is 48.9 Å². The van der Waals surface area contributed by atoms with Crippen molar-refractivity contribution in [3.63, 3.8) is 0 Å². The quantitative estimate of drug-likeness (QED) is 0.396. The van der Waals surface area contributed by atoms with Gasteiger partial charge in [-0.15, -0.1) is 0 Å². The van der Waals surface area contributed by atoms with Gasteiger partial charge in [-0.3, -0.25) is 14.9 Å². The number of benzene rings is 1. The number of carbonyl (C=O) groups excluding carboxylic acids is 2. The van der Waals surface area contributed by atoms with Crippen molar-refractivity contribution in [2.45, 2.75) is 0 Å². The normalized spacial score (nSPS) is 9.81. The molecule has 0 aliphatic rings. The van der Waals surface area contributed by atoms with Gasteiger partial charge in [-0.1, -0.05) is 0 Å². The van der Waals surface area contributed by atoms with Crippen LogP contribution in [0.3, 0.4) is 0 Å². The number of rotatable bonds is 6. The average molecular weight is 295 g/mol. The van der Waals surface area contributed by atoms with E-state index in [1.165, 1.54) is 17.0 Å². The first kappa shape index (κ1) is 16.2. The minimum atomic E-state index is -0.733. The first-order valence-electron chi connectivity index (χ1n) is 6.10. The van der Waals surface area contributed by atoms with Gasteiger partial charge < -0.3 is 21.3 Å². The molecule has 0 heterocycles. The summed E-state index contributed by atoms with van der Waals surface area (Å²) in [6.45, 7) is 0.599. The van der Waals surface area contributed by atoms with Gasteiger partial charge in [0.25, 0.3) is 5.69 Å². The van der Waals surface area contributed by atoms with E-state index < -0.39 is 10.8 Å². The summed E-state index contributed by atoms with van der Waals surface area (Å²) < 4.78 is 0. The Hall–Kier alpha value is -2.84. The maximum absolute atomic E-state index is 11.3. The van der Waals surface area contributed by atoms with Crippen molar-refractivity contribution in [2.24, 2.45) is 5.73 Å². The third-order valence-electron chi connectivity index (χ3n) is 2.60. The number of nitrogens with zero attached hydrogens (tertiary/aromatic N) is 2. The maximum atomic E-state index is 11.3. The summed E-state index contributed by atoms with van der Waals surface area (Å²) in [5.41, 5.74) is 5.15. The minimum Gasteiger partial charge on any atom is -0.378 e. The molecule has 4 N–H and O–H groups in total. The molecule has 3 amide bonds. The van der Waals surface area contributed by atoms with Crippen molar-refractivity contribution in [1.29, 1.82) is 0 Å². The molecular weight excluding hydrogens is 278 g/mol. The fourth-order valence-electron chi connectivity index (χ4n) is 1.51. The number of urea groups is 1. The predicted octanol–water partition coefficient (Wildman–Crippen LogP) is 0.377. The summed E-state index contributed by atoms with van der Waals surface area (Å²) in [4.78, 5) is 34.0. The number of primary amides is 1. The van der Waals surface area contributed by atoms with Gasteiger partial charge in [-0.05, 0) is 12.1 Å². The molecule has 0 saturated carbocycles. The van der Waals surface area contributed by atoms with Crippen LogP contribution in [0.1, 0.15) is 10.4 Å². The average Bonchev–Trinajstić information content (AvgIpc) is 2.42. The molecular formula is C12H17N5O4. The second-order valence-corrected chi connectivity index (χ2v) is 4.41. The summed E-state index contributed by atoms with van der Waals surface area (Å²) in [5, 5.41) is 16.4. The van der Waals surface area contributed by atoms with Crippen molar-refractivity contribution in [1.82, 2.24) is 10.2 Å². The van der Waals surface area contributed by atoms with Gasteiger partial charge in [0.1, 0.15) is 5.69 Å². The van der Waals surface area contributed by atoms with E-state index in [0.717, 1.165) is 6.07 Å². The Labute approximate surface area is 121 Å². The molecule has 0 aliphatic heterocycles. The highest BCUT2D eigenvalue weighted by Gasteiger charge is 2.16. The summed E-state index contributed by atoms with van der Waals surface area (Å²) >= 11 is 0. The molecule has 1 aromatic carbocycles. The van der Waals surface area contributed by atoms with E-state index in [9.17, 15) is 19.7 Å². The number of amides is 3. The molecule has 0 unspecified atom stereocenters. The van der Waals surface area contributed by atoms with Gasteiger partial charge in [-0.2, -0.15) is 0 Å². The molecule has 0 radical (unpaired) electrons. The number of nitro benzene ring substituents is 1. The van der Waals surface area contributed by atoms with Crippen LogP contribution in [0.15, 0.2) is 18.2 Å². The van der Waals surface area contributed by atoms with E-state index in [4.69, 9.17) is 5.73 Å². The Kier molecular flexibility index (Phi) is 5.47. The number of nitrogens with one attached hydrogen (secondary N) is 2. The third kappa shape index (κ3) is 4.64. The highest BCUT2D eigenvalue weighted by molar-refractivity contribution is 5.94. The van der Waals surface area contributed by atoms with Gasteiger partial charge in [0.15, 0.2) is 0 Å². The Bertz CT molecular complexity index is 559. The Morgan fingerprint density at radius 3 is 2.52 bits per heavy atom. The molecule has 0 atom stereocenters. The van der Waals surface area contributed by atoms with Crippen LogP contribution in [0.25, 0.3) is 0 Å². The van der Waals surface area contributed by atoms with Crippen molar-refractivity contribution in [3.05, 3.63) is 33.9 Å². The van der Waals surface area contributed by atoms with Crippen LogP contribution < -0.4 is 16.4 Å². The minimum absolute atomic E-state index is 0.0631. The lowest BCUT2D eigenvalue weighted by Gasteiger charge is -2.12.